The molecule has 1 aliphatic heterocycles. The molecule has 0 radical (unpaired) electrons. The molecule has 0 aromatic carbocycles. The van der Waals surface area contributed by atoms with Gasteiger partial charge in [0.05, 0.1) is 0 Å². The molecule has 106 valence electrons. The summed E-state index contributed by atoms with van der Waals surface area (Å²) in [6.07, 6.45) is 11.4. The van der Waals surface area contributed by atoms with Crippen LogP contribution in [0.4, 0.5) is 0 Å². The Kier molecular flexibility index (Phi) is 8.36. The lowest BCUT2D eigenvalue weighted by Gasteiger charge is -2.36. The summed E-state index contributed by atoms with van der Waals surface area (Å²) in [6, 6.07) is 1.39. The minimum Gasteiger partial charge on any atom is -0.313 e. The van der Waals surface area contributed by atoms with Gasteiger partial charge in [-0.15, -0.1) is 6.58 Å². The van der Waals surface area contributed by atoms with Crippen molar-refractivity contribution in [1.29, 1.82) is 0 Å². The van der Waals surface area contributed by atoms with Gasteiger partial charge in [0.1, 0.15) is 0 Å². The molecule has 0 aromatic heterocycles. The maximum absolute atomic E-state index is 3.78. The van der Waals surface area contributed by atoms with Crippen molar-refractivity contribution in [2.75, 3.05) is 19.6 Å². The molecule has 0 amide bonds. The van der Waals surface area contributed by atoms with Crippen molar-refractivity contribution in [3.63, 3.8) is 0 Å². The number of unbranched alkanes of at least 4 members (excludes halogenated alkanes) is 3. The van der Waals surface area contributed by atoms with Crippen LogP contribution in [0.1, 0.15) is 58.8 Å². The molecule has 1 heterocycles. The highest BCUT2D eigenvalue weighted by Gasteiger charge is 2.21. The fraction of sp³-hybridized carbons (Fsp3) is 0.875. The molecule has 1 saturated heterocycles. The van der Waals surface area contributed by atoms with E-state index in [0.717, 1.165) is 6.04 Å². The molecule has 1 atom stereocenters. The zero-order chi connectivity index (χ0) is 13.2. The van der Waals surface area contributed by atoms with Crippen molar-refractivity contribution < 1.29 is 0 Å². The average Bonchev–Trinajstić information content (AvgIpc) is 2.37. The number of hydrogen-bond acceptors (Lipinski definition) is 2. The van der Waals surface area contributed by atoms with E-state index in [1.54, 1.807) is 0 Å². The van der Waals surface area contributed by atoms with Crippen LogP contribution in [-0.2, 0) is 0 Å². The van der Waals surface area contributed by atoms with E-state index in [0.29, 0.717) is 6.04 Å². The van der Waals surface area contributed by atoms with Crippen molar-refractivity contribution in [3.05, 3.63) is 12.7 Å². The Labute approximate surface area is 114 Å². The number of likely N-dealkylation sites (tertiary alicyclic amines) is 1. The number of nitrogens with one attached hydrogen (secondary N) is 1. The van der Waals surface area contributed by atoms with Crippen LogP contribution in [0, 0.1) is 0 Å². The highest BCUT2D eigenvalue weighted by Crippen LogP contribution is 2.17. The Balaban J connectivity index is 2.19. The Bertz CT molecular complexity index is 213. The van der Waals surface area contributed by atoms with Crippen LogP contribution in [0.25, 0.3) is 0 Å². The first-order valence-corrected chi connectivity index (χ1v) is 7.82. The molecule has 1 fully saturated rings. The van der Waals surface area contributed by atoms with Crippen LogP contribution in [-0.4, -0.2) is 36.6 Å². The molecule has 0 spiro atoms. The zero-order valence-electron chi connectivity index (χ0n) is 12.5. The van der Waals surface area contributed by atoms with Crippen molar-refractivity contribution in [2.45, 2.75) is 70.9 Å². The van der Waals surface area contributed by atoms with Crippen LogP contribution in [0.5, 0.6) is 0 Å². The third kappa shape index (κ3) is 6.55. The molecule has 0 aromatic rings. The second-order valence-electron chi connectivity index (χ2n) is 5.89. The maximum atomic E-state index is 3.78. The minimum absolute atomic E-state index is 0.612. The number of rotatable bonds is 9. The molecule has 0 bridgehead atoms. The van der Waals surface area contributed by atoms with Gasteiger partial charge in [-0.05, 0) is 45.2 Å². The van der Waals surface area contributed by atoms with E-state index in [2.05, 4.69) is 30.6 Å². The van der Waals surface area contributed by atoms with Gasteiger partial charge >= 0.3 is 0 Å². The fourth-order valence-electron chi connectivity index (χ4n) is 2.74. The Hall–Kier alpha value is -0.340. The van der Waals surface area contributed by atoms with E-state index in [4.69, 9.17) is 0 Å². The highest BCUT2D eigenvalue weighted by molar-refractivity contribution is 4.79. The molecule has 18 heavy (non-hydrogen) atoms. The monoisotopic (exact) mass is 252 g/mol. The summed E-state index contributed by atoms with van der Waals surface area (Å²) < 4.78 is 0. The zero-order valence-corrected chi connectivity index (χ0v) is 12.5. The minimum atomic E-state index is 0.612. The Morgan fingerprint density at radius 3 is 2.83 bits per heavy atom. The predicted molar refractivity (Wildman–Crippen MR) is 81.0 cm³/mol. The molecule has 2 nitrogen and oxygen atoms in total. The van der Waals surface area contributed by atoms with E-state index >= 15 is 0 Å². The first kappa shape index (κ1) is 15.7. The number of hydrogen-bond donors (Lipinski definition) is 1. The van der Waals surface area contributed by atoms with Gasteiger partial charge < -0.3 is 5.32 Å². The van der Waals surface area contributed by atoms with Gasteiger partial charge in [-0.25, -0.2) is 0 Å². The summed E-state index contributed by atoms with van der Waals surface area (Å²) >= 11 is 0. The fourth-order valence-corrected chi connectivity index (χ4v) is 2.74. The van der Waals surface area contributed by atoms with Crippen molar-refractivity contribution in [2.24, 2.45) is 0 Å². The molecule has 2 heteroatoms. The first-order valence-electron chi connectivity index (χ1n) is 7.82. The van der Waals surface area contributed by atoms with Gasteiger partial charge in [-0.2, -0.15) is 0 Å². The van der Waals surface area contributed by atoms with Crippen LogP contribution >= 0.6 is 0 Å². The maximum Gasteiger partial charge on any atom is 0.0220 e. The SMILES string of the molecule is C=CCCCCCN1CCCCC1CNC(C)C. The van der Waals surface area contributed by atoms with Gasteiger partial charge in [0.25, 0.3) is 0 Å². The largest absolute Gasteiger partial charge is 0.313 e. The normalized spacial score (nSPS) is 21.4. The van der Waals surface area contributed by atoms with E-state index in [1.807, 2.05) is 6.08 Å². The van der Waals surface area contributed by atoms with E-state index in [9.17, 15) is 0 Å². The van der Waals surface area contributed by atoms with Gasteiger partial charge in [0, 0.05) is 18.6 Å². The topological polar surface area (TPSA) is 15.3 Å². The Morgan fingerprint density at radius 2 is 2.11 bits per heavy atom. The smallest absolute Gasteiger partial charge is 0.0220 e. The van der Waals surface area contributed by atoms with Crippen LogP contribution in [0.3, 0.4) is 0 Å². The molecule has 0 saturated carbocycles. The average molecular weight is 252 g/mol. The summed E-state index contributed by atoms with van der Waals surface area (Å²) in [7, 11) is 0. The summed E-state index contributed by atoms with van der Waals surface area (Å²) in [5.74, 6) is 0. The summed E-state index contributed by atoms with van der Waals surface area (Å²) in [6.45, 7) is 12.0. The lowest BCUT2D eigenvalue weighted by Crippen LogP contribution is -2.47. The molecule has 1 unspecified atom stereocenters. The van der Waals surface area contributed by atoms with Gasteiger partial charge in [0.2, 0.25) is 0 Å². The first-order chi connectivity index (χ1) is 8.74. The summed E-state index contributed by atoms with van der Waals surface area (Å²) in [4.78, 5) is 2.72. The van der Waals surface area contributed by atoms with Crippen molar-refractivity contribution >= 4 is 0 Å². The van der Waals surface area contributed by atoms with E-state index in [1.165, 1.54) is 64.6 Å². The van der Waals surface area contributed by atoms with Gasteiger partial charge in [-0.3, -0.25) is 4.90 Å². The second kappa shape index (κ2) is 9.57. The van der Waals surface area contributed by atoms with Crippen LogP contribution in [0.2, 0.25) is 0 Å². The van der Waals surface area contributed by atoms with Crippen LogP contribution < -0.4 is 5.32 Å². The molecule has 1 aliphatic rings. The van der Waals surface area contributed by atoms with E-state index < -0.39 is 0 Å². The number of nitrogens with zero attached hydrogens (tertiary/aromatic N) is 1. The lowest BCUT2D eigenvalue weighted by atomic mass is 10.0. The van der Waals surface area contributed by atoms with Crippen LogP contribution in [0.15, 0.2) is 12.7 Å². The Morgan fingerprint density at radius 1 is 1.28 bits per heavy atom. The second-order valence-corrected chi connectivity index (χ2v) is 5.89. The van der Waals surface area contributed by atoms with Gasteiger partial charge in [-0.1, -0.05) is 32.8 Å². The molecular formula is C16H32N2. The number of piperidine rings is 1. The van der Waals surface area contributed by atoms with E-state index in [-0.39, 0.29) is 0 Å². The quantitative estimate of drug-likeness (QED) is 0.498. The molecular weight excluding hydrogens is 220 g/mol. The number of allylic oxidation sites excluding steroid dienone is 1. The highest BCUT2D eigenvalue weighted by atomic mass is 15.2. The molecule has 1 rings (SSSR count). The van der Waals surface area contributed by atoms with Crippen molar-refractivity contribution in [1.82, 2.24) is 10.2 Å². The molecule has 1 N–H and O–H groups in total. The predicted octanol–water partition coefficient (Wildman–Crippen LogP) is 3.59. The van der Waals surface area contributed by atoms with Gasteiger partial charge in [0.15, 0.2) is 0 Å². The third-order valence-electron chi connectivity index (χ3n) is 3.86. The third-order valence-corrected chi connectivity index (χ3v) is 3.86. The summed E-state index contributed by atoms with van der Waals surface area (Å²) in [5.41, 5.74) is 0. The standard InChI is InChI=1S/C16H32N2/c1-4-5-6-7-9-12-18-13-10-8-11-16(18)14-17-15(2)3/h4,15-17H,1,5-14H2,2-3H3. The lowest BCUT2D eigenvalue weighted by molar-refractivity contribution is 0.141. The van der Waals surface area contributed by atoms with Crippen molar-refractivity contribution in [3.8, 4) is 0 Å². The summed E-state index contributed by atoms with van der Waals surface area (Å²) in [5, 5.41) is 3.60. The molecule has 0 aliphatic carbocycles.